The number of aromatic nitrogens is 1. The van der Waals surface area contributed by atoms with Crippen LogP contribution in [0.2, 0.25) is 5.02 Å². The molecule has 148 valence electrons. The third-order valence-corrected chi connectivity index (χ3v) is 5.28. The van der Waals surface area contributed by atoms with Crippen molar-refractivity contribution in [3.63, 3.8) is 0 Å². The second-order valence-corrected chi connectivity index (χ2v) is 7.64. The Morgan fingerprint density at radius 1 is 1.21 bits per heavy atom. The number of hydrogen-bond acceptors (Lipinski definition) is 4. The van der Waals surface area contributed by atoms with Crippen molar-refractivity contribution in [1.29, 1.82) is 0 Å². The van der Waals surface area contributed by atoms with Crippen LogP contribution in [-0.2, 0) is 16.1 Å². The first-order chi connectivity index (χ1) is 13.5. The standard InChI is InChI=1S/C21H25ClN4O2/c1-15-4-5-18(22)11-19(15)25-21(28)20(27)24-13-16-6-9-26(10-7-16)14-17-3-2-8-23-12-17/h2-5,8,11-12,16H,6-7,9-10,13-14H2,1H3,(H,24,27)(H,25,28). The molecular weight excluding hydrogens is 376 g/mol. The van der Waals surface area contributed by atoms with Crippen molar-refractivity contribution in [1.82, 2.24) is 15.2 Å². The minimum atomic E-state index is -0.667. The van der Waals surface area contributed by atoms with Gasteiger partial charge in [-0.3, -0.25) is 19.5 Å². The van der Waals surface area contributed by atoms with Crippen molar-refractivity contribution < 1.29 is 9.59 Å². The lowest BCUT2D eigenvalue weighted by Crippen LogP contribution is -2.41. The number of hydrogen-bond donors (Lipinski definition) is 2. The van der Waals surface area contributed by atoms with Crippen molar-refractivity contribution in [3.05, 3.63) is 58.9 Å². The van der Waals surface area contributed by atoms with Gasteiger partial charge < -0.3 is 10.6 Å². The van der Waals surface area contributed by atoms with Crippen molar-refractivity contribution in [2.75, 3.05) is 25.0 Å². The summed E-state index contributed by atoms with van der Waals surface area (Å²) in [5, 5.41) is 5.90. The lowest BCUT2D eigenvalue weighted by Gasteiger charge is -2.31. The van der Waals surface area contributed by atoms with E-state index in [-0.39, 0.29) is 0 Å². The summed E-state index contributed by atoms with van der Waals surface area (Å²) in [5.41, 5.74) is 2.62. The van der Waals surface area contributed by atoms with Crippen molar-refractivity contribution in [3.8, 4) is 0 Å². The molecule has 0 radical (unpaired) electrons. The second-order valence-electron chi connectivity index (χ2n) is 7.20. The molecule has 2 heterocycles. The van der Waals surface area contributed by atoms with Gasteiger partial charge in [0.05, 0.1) is 0 Å². The molecule has 1 saturated heterocycles. The molecule has 7 heteroatoms. The van der Waals surface area contributed by atoms with Gasteiger partial charge in [0.2, 0.25) is 0 Å². The average Bonchev–Trinajstić information content (AvgIpc) is 2.70. The van der Waals surface area contributed by atoms with E-state index in [1.54, 1.807) is 24.4 Å². The molecule has 0 unspecified atom stereocenters. The fourth-order valence-corrected chi connectivity index (χ4v) is 3.50. The highest BCUT2D eigenvalue weighted by Gasteiger charge is 2.21. The first-order valence-corrected chi connectivity index (χ1v) is 9.85. The molecule has 6 nitrogen and oxygen atoms in total. The maximum atomic E-state index is 12.1. The first kappa shape index (κ1) is 20.3. The zero-order chi connectivity index (χ0) is 19.9. The minimum absolute atomic E-state index is 0.384. The summed E-state index contributed by atoms with van der Waals surface area (Å²) in [5.74, 6) is -0.897. The zero-order valence-corrected chi connectivity index (χ0v) is 16.7. The van der Waals surface area contributed by atoms with Crippen molar-refractivity contribution in [2.24, 2.45) is 5.92 Å². The minimum Gasteiger partial charge on any atom is -0.348 e. The van der Waals surface area contributed by atoms with Gasteiger partial charge in [0.1, 0.15) is 0 Å². The van der Waals surface area contributed by atoms with Crippen LogP contribution in [0.15, 0.2) is 42.7 Å². The van der Waals surface area contributed by atoms with Crippen LogP contribution in [0.25, 0.3) is 0 Å². The van der Waals surface area contributed by atoms with Crippen LogP contribution in [0.1, 0.15) is 24.0 Å². The Bertz CT molecular complexity index is 820. The van der Waals surface area contributed by atoms with Crippen LogP contribution in [0.3, 0.4) is 0 Å². The fourth-order valence-electron chi connectivity index (χ4n) is 3.32. The predicted molar refractivity (Wildman–Crippen MR) is 110 cm³/mol. The summed E-state index contributed by atoms with van der Waals surface area (Å²) in [4.78, 5) is 30.8. The normalized spacial score (nSPS) is 15.2. The number of piperidine rings is 1. The van der Waals surface area contributed by atoms with E-state index < -0.39 is 11.8 Å². The van der Waals surface area contributed by atoms with E-state index in [0.717, 1.165) is 38.0 Å². The molecule has 1 aromatic heterocycles. The lowest BCUT2D eigenvalue weighted by molar-refractivity contribution is -0.136. The molecule has 0 aliphatic carbocycles. The summed E-state index contributed by atoms with van der Waals surface area (Å²) in [6.45, 7) is 5.21. The molecule has 1 aromatic carbocycles. The molecule has 2 N–H and O–H groups in total. The number of carbonyl (C=O) groups is 2. The highest BCUT2D eigenvalue weighted by Crippen LogP contribution is 2.20. The van der Waals surface area contributed by atoms with Crippen molar-refractivity contribution in [2.45, 2.75) is 26.3 Å². The number of pyridine rings is 1. The van der Waals surface area contributed by atoms with Gasteiger partial charge in [0.25, 0.3) is 0 Å². The van der Waals surface area contributed by atoms with Gasteiger partial charge in [-0.05, 0) is 68.1 Å². The van der Waals surface area contributed by atoms with E-state index in [1.807, 2.05) is 19.2 Å². The number of benzene rings is 1. The number of halogens is 1. The molecule has 2 amide bonds. The Kier molecular flexibility index (Phi) is 7.01. The molecule has 3 rings (SSSR count). The van der Waals surface area contributed by atoms with E-state index in [9.17, 15) is 9.59 Å². The molecule has 0 spiro atoms. The zero-order valence-electron chi connectivity index (χ0n) is 16.0. The number of aryl methyl sites for hydroxylation is 1. The van der Waals surface area contributed by atoms with Gasteiger partial charge >= 0.3 is 11.8 Å². The van der Waals surface area contributed by atoms with Gasteiger partial charge in [0, 0.05) is 36.2 Å². The second kappa shape index (κ2) is 9.66. The summed E-state index contributed by atoms with van der Waals surface area (Å²) >= 11 is 5.95. The lowest BCUT2D eigenvalue weighted by atomic mass is 9.96. The van der Waals surface area contributed by atoms with E-state index in [2.05, 4.69) is 26.6 Å². The largest absolute Gasteiger partial charge is 0.348 e. The Balaban J connectivity index is 1.40. The molecule has 0 atom stereocenters. The fraction of sp³-hybridized carbons (Fsp3) is 0.381. The number of likely N-dealkylation sites (tertiary alicyclic amines) is 1. The molecule has 1 aliphatic rings. The van der Waals surface area contributed by atoms with Crippen LogP contribution in [0, 0.1) is 12.8 Å². The summed E-state index contributed by atoms with van der Waals surface area (Å²) in [7, 11) is 0. The van der Waals surface area contributed by atoms with E-state index in [4.69, 9.17) is 11.6 Å². The van der Waals surface area contributed by atoms with Crippen molar-refractivity contribution >= 4 is 29.1 Å². The van der Waals surface area contributed by atoms with Gasteiger partial charge in [-0.15, -0.1) is 0 Å². The van der Waals surface area contributed by atoms with Gasteiger partial charge in [-0.1, -0.05) is 23.7 Å². The average molecular weight is 401 g/mol. The van der Waals surface area contributed by atoms with Crippen LogP contribution in [0.5, 0.6) is 0 Å². The highest BCUT2D eigenvalue weighted by atomic mass is 35.5. The number of carbonyl (C=O) groups excluding carboxylic acids is 2. The Morgan fingerprint density at radius 3 is 2.71 bits per heavy atom. The van der Waals surface area contributed by atoms with Gasteiger partial charge in [0.15, 0.2) is 0 Å². The maximum Gasteiger partial charge on any atom is 0.313 e. The maximum absolute atomic E-state index is 12.1. The summed E-state index contributed by atoms with van der Waals surface area (Å²) < 4.78 is 0. The monoisotopic (exact) mass is 400 g/mol. The number of anilines is 1. The number of nitrogens with zero attached hydrogens (tertiary/aromatic N) is 2. The third kappa shape index (κ3) is 5.78. The SMILES string of the molecule is Cc1ccc(Cl)cc1NC(=O)C(=O)NCC1CCN(Cc2cccnc2)CC1. The number of nitrogens with one attached hydrogen (secondary N) is 2. The smallest absolute Gasteiger partial charge is 0.313 e. The Hall–Kier alpha value is -2.44. The molecule has 0 saturated carbocycles. The van der Waals surface area contributed by atoms with E-state index in [1.165, 1.54) is 5.56 Å². The van der Waals surface area contributed by atoms with E-state index >= 15 is 0 Å². The molecule has 0 bridgehead atoms. The third-order valence-electron chi connectivity index (χ3n) is 5.04. The first-order valence-electron chi connectivity index (χ1n) is 9.48. The molecular formula is C21H25ClN4O2. The Morgan fingerprint density at radius 2 is 2.00 bits per heavy atom. The predicted octanol–water partition coefficient (Wildman–Crippen LogP) is 3.01. The van der Waals surface area contributed by atoms with Crippen LogP contribution in [0.4, 0.5) is 5.69 Å². The molecule has 2 aromatic rings. The molecule has 1 fully saturated rings. The number of rotatable bonds is 5. The van der Waals surface area contributed by atoms with Crippen LogP contribution in [-0.4, -0.2) is 41.3 Å². The Labute approximate surface area is 170 Å². The van der Waals surface area contributed by atoms with Crippen LogP contribution < -0.4 is 10.6 Å². The quantitative estimate of drug-likeness (QED) is 0.756. The molecule has 28 heavy (non-hydrogen) atoms. The van der Waals surface area contributed by atoms with Gasteiger partial charge in [-0.2, -0.15) is 0 Å². The van der Waals surface area contributed by atoms with E-state index in [0.29, 0.717) is 23.2 Å². The number of amides is 2. The molecule has 1 aliphatic heterocycles. The summed E-state index contributed by atoms with van der Waals surface area (Å²) in [6.07, 6.45) is 5.67. The van der Waals surface area contributed by atoms with Gasteiger partial charge in [-0.25, -0.2) is 0 Å². The van der Waals surface area contributed by atoms with Crippen LogP contribution >= 0.6 is 11.6 Å². The topological polar surface area (TPSA) is 74.3 Å². The highest BCUT2D eigenvalue weighted by molar-refractivity contribution is 6.40. The summed E-state index contributed by atoms with van der Waals surface area (Å²) in [6, 6.07) is 9.22.